The molecule has 0 aliphatic carbocycles. The summed E-state index contributed by atoms with van der Waals surface area (Å²) >= 11 is 1.33. The van der Waals surface area contributed by atoms with E-state index in [4.69, 9.17) is 14.5 Å². The third kappa shape index (κ3) is 4.04. The Morgan fingerprint density at radius 3 is 2.60 bits per heavy atom. The Kier molecular flexibility index (Phi) is 5.46. The second-order valence-electron chi connectivity index (χ2n) is 8.07. The fourth-order valence-electron chi connectivity index (χ4n) is 3.99. The summed E-state index contributed by atoms with van der Waals surface area (Å²) in [6.45, 7) is 2.85. The first-order valence-electron chi connectivity index (χ1n) is 11.2. The molecule has 0 radical (unpaired) electrons. The van der Waals surface area contributed by atoms with Crippen molar-refractivity contribution in [2.24, 2.45) is 0 Å². The van der Waals surface area contributed by atoms with E-state index < -0.39 is 5.25 Å². The molecule has 1 atom stereocenters. The Morgan fingerprint density at radius 2 is 1.74 bits per heavy atom. The molecule has 0 bridgehead atoms. The molecule has 1 aliphatic heterocycles. The van der Waals surface area contributed by atoms with Gasteiger partial charge in [0.1, 0.15) is 19.0 Å². The number of carbonyl (C=O) groups excluding carboxylic acids is 1. The Balaban J connectivity index is 1.33. The van der Waals surface area contributed by atoms with Crippen molar-refractivity contribution >= 4 is 39.9 Å². The third-order valence-corrected chi connectivity index (χ3v) is 6.75. The maximum Gasteiger partial charge on any atom is 0.237 e. The predicted molar refractivity (Wildman–Crippen MR) is 135 cm³/mol. The van der Waals surface area contributed by atoms with E-state index in [0.29, 0.717) is 41.2 Å². The fraction of sp³-hybridized carbons (Fsp3) is 0.154. The molecule has 0 saturated heterocycles. The first-order valence-corrected chi connectivity index (χ1v) is 12.1. The zero-order valence-corrected chi connectivity index (χ0v) is 19.7. The lowest BCUT2D eigenvalue weighted by Gasteiger charge is -2.19. The van der Waals surface area contributed by atoms with E-state index in [0.717, 1.165) is 22.3 Å². The van der Waals surface area contributed by atoms with Crippen LogP contribution in [0, 0.1) is 0 Å². The molecule has 35 heavy (non-hydrogen) atoms. The Morgan fingerprint density at radius 1 is 0.971 bits per heavy atom. The summed E-state index contributed by atoms with van der Waals surface area (Å²) in [5.41, 5.74) is 3.14. The van der Waals surface area contributed by atoms with Gasteiger partial charge in [-0.15, -0.1) is 10.2 Å². The fourth-order valence-corrected chi connectivity index (χ4v) is 4.84. The first kappa shape index (κ1) is 21.4. The summed E-state index contributed by atoms with van der Waals surface area (Å²) in [6.07, 6.45) is 0. The molecule has 0 saturated carbocycles. The molecule has 0 fully saturated rings. The second-order valence-corrected chi connectivity index (χ2v) is 9.38. The van der Waals surface area contributed by atoms with E-state index >= 15 is 0 Å². The van der Waals surface area contributed by atoms with Crippen molar-refractivity contribution in [3.05, 3.63) is 72.8 Å². The molecule has 9 heteroatoms. The van der Waals surface area contributed by atoms with Gasteiger partial charge >= 0.3 is 0 Å². The SMILES string of the molecule is C[C@H](Sc1nnc2c3ccccc3nc(-c3ccccc3)n12)C(=O)Nc1ccc2c(c1)OCCO2. The number of carbonyl (C=O) groups is 1. The number of thioether (sulfide) groups is 1. The standard InChI is InChI=1S/C26H21N5O3S/c1-16(25(32)27-18-11-12-21-22(15-18)34-14-13-33-21)35-26-30-29-24-19-9-5-6-10-20(19)28-23(31(24)26)17-7-3-2-4-8-17/h2-12,15-16H,13-14H2,1H3,(H,27,32)/t16-/m0/s1. The summed E-state index contributed by atoms with van der Waals surface area (Å²) in [7, 11) is 0. The van der Waals surface area contributed by atoms with Crippen LogP contribution in [0.25, 0.3) is 27.9 Å². The van der Waals surface area contributed by atoms with Crippen molar-refractivity contribution in [1.29, 1.82) is 0 Å². The minimum absolute atomic E-state index is 0.154. The van der Waals surface area contributed by atoms with Crippen LogP contribution in [0.2, 0.25) is 0 Å². The number of ether oxygens (including phenoxy) is 2. The predicted octanol–water partition coefficient (Wildman–Crippen LogP) is 4.84. The average Bonchev–Trinajstić information content (AvgIpc) is 3.32. The molecule has 174 valence electrons. The largest absolute Gasteiger partial charge is 0.486 e. The van der Waals surface area contributed by atoms with Gasteiger partial charge in [0.2, 0.25) is 5.91 Å². The molecule has 1 N–H and O–H groups in total. The van der Waals surface area contributed by atoms with Crippen LogP contribution in [0.15, 0.2) is 78.0 Å². The number of fused-ring (bicyclic) bond motifs is 4. The summed E-state index contributed by atoms with van der Waals surface area (Å²) in [5, 5.41) is 12.9. The normalized spacial score (nSPS) is 13.6. The number of benzene rings is 3. The number of hydrogen-bond acceptors (Lipinski definition) is 7. The highest BCUT2D eigenvalue weighted by atomic mass is 32.2. The number of rotatable bonds is 5. The lowest BCUT2D eigenvalue weighted by Crippen LogP contribution is -2.23. The van der Waals surface area contributed by atoms with Crippen LogP contribution in [0.4, 0.5) is 5.69 Å². The molecule has 1 amide bonds. The van der Waals surface area contributed by atoms with Crippen LogP contribution < -0.4 is 14.8 Å². The van der Waals surface area contributed by atoms with Crippen LogP contribution in [0.3, 0.4) is 0 Å². The molecule has 1 aliphatic rings. The quantitative estimate of drug-likeness (QED) is 0.358. The summed E-state index contributed by atoms with van der Waals surface area (Å²) < 4.78 is 13.1. The van der Waals surface area contributed by atoms with Crippen molar-refractivity contribution in [2.45, 2.75) is 17.3 Å². The van der Waals surface area contributed by atoms with E-state index in [1.165, 1.54) is 11.8 Å². The van der Waals surface area contributed by atoms with Gasteiger partial charge in [-0.05, 0) is 31.2 Å². The molecule has 2 aromatic heterocycles. The molecule has 8 nitrogen and oxygen atoms in total. The number of amides is 1. The average molecular weight is 484 g/mol. The Bertz CT molecular complexity index is 1550. The Labute approximate surface area is 205 Å². The highest BCUT2D eigenvalue weighted by Crippen LogP contribution is 2.34. The number of para-hydroxylation sites is 1. The topological polar surface area (TPSA) is 90.6 Å². The van der Waals surface area contributed by atoms with Crippen LogP contribution in [-0.4, -0.2) is 44.0 Å². The number of anilines is 1. The van der Waals surface area contributed by atoms with E-state index in [9.17, 15) is 4.79 Å². The van der Waals surface area contributed by atoms with E-state index in [-0.39, 0.29) is 5.91 Å². The summed E-state index contributed by atoms with van der Waals surface area (Å²) in [6, 6.07) is 23.2. The monoisotopic (exact) mass is 483 g/mol. The lowest BCUT2D eigenvalue weighted by molar-refractivity contribution is -0.115. The summed E-state index contributed by atoms with van der Waals surface area (Å²) in [5.74, 6) is 1.88. The maximum atomic E-state index is 13.0. The van der Waals surface area contributed by atoms with Gasteiger partial charge in [0.05, 0.1) is 10.8 Å². The van der Waals surface area contributed by atoms with Gasteiger partial charge in [-0.25, -0.2) is 4.98 Å². The number of nitrogens with one attached hydrogen (secondary N) is 1. The van der Waals surface area contributed by atoms with Crippen LogP contribution in [0.1, 0.15) is 6.92 Å². The molecular weight excluding hydrogens is 462 g/mol. The molecule has 3 aromatic carbocycles. The molecule has 6 rings (SSSR count). The van der Waals surface area contributed by atoms with Gasteiger partial charge in [0, 0.05) is 22.7 Å². The van der Waals surface area contributed by atoms with Crippen molar-refractivity contribution < 1.29 is 14.3 Å². The molecule has 3 heterocycles. The van der Waals surface area contributed by atoms with Crippen molar-refractivity contribution in [1.82, 2.24) is 19.6 Å². The van der Waals surface area contributed by atoms with Crippen LogP contribution >= 0.6 is 11.8 Å². The van der Waals surface area contributed by atoms with Crippen LogP contribution in [0.5, 0.6) is 11.5 Å². The number of hydrogen-bond donors (Lipinski definition) is 1. The summed E-state index contributed by atoms with van der Waals surface area (Å²) in [4.78, 5) is 17.9. The van der Waals surface area contributed by atoms with Gasteiger partial charge in [-0.2, -0.15) is 0 Å². The zero-order valence-electron chi connectivity index (χ0n) is 18.8. The van der Waals surface area contributed by atoms with E-state index in [1.54, 1.807) is 18.2 Å². The molecule has 5 aromatic rings. The zero-order chi connectivity index (χ0) is 23.8. The third-order valence-electron chi connectivity index (χ3n) is 5.71. The smallest absolute Gasteiger partial charge is 0.237 e. The highest BCUT2D eigenvalue weighted by Gasteiger charge is 2.22. The van der Waals surface area contributed by atoms with E-state index in [1.807, 2.05) is 65.9 Å². The molecule has 0 unspecified atom stereocenters. The minimum atomic E-state index is -0.439. The first-order chi connectivity index (χ1) is 17.2. The number of nitrogens with zero attached hydrogens (tertiary/aromatic N) is 4. The lowest BCUT2D eigenvalue weighted by atomic mass is 10.2. The maximum absolute atomic E-state index is 13.0. The van der Waals surface area contributed by atoms with Crippen molar-refractivity contribution in [3.63, 3.8) is 0 Å². The van der Waals surface area contributed by atoms with Gasteiger partial charge in [0.25, 0.3) is 0 Å². The van der Waals surface area contributed by atoms with Crippen LogP contribution in [-0.2, 0) is 4.79 Å². The van der Waals surface area contributed by atoms with E-state index in [2.05, 4.69) is 15.5 Å². The van der Waals surface area contributed by atoms with Gasteiger partial charge < -0.3 is 14.8 Å². The molecule has 0 spiro atoms. The van der Waals surface area contributed by atoms with Gasteiger partial charge in [-0.3, -0.25) is 9.20 Å². The number of aromatic nitrogens is 4. The van der Waals surface area contributed by atoms with Crippen molar-refractivity contribution in [3.8, 4) is 22.9 Å². The molecular formula is C26H21N5O3S. The van der Waals surface area contributed by atoms with Gasteiger partial charge in [0.15, 0.2) is 22.3 Å². The van der Waals surface area contributed by atoms with Crippen molar-refractivity contribution in [2.75, 3.05) is 18.5 Å². The highest BCUT2D eigenvalue weighted by molar-refractivity contribution is 8.00. The second kappa shape index (κ2) is 8.92. The minimum Gasteiger partial charge on any atom is -0.486 e. The van der Waals surface area contributed by atoms with Gasteiger partial charge in [-0.1, -0.05) is 54.2 Å². The Hall–Kier alpha value is -4.11.